The molecule has 0 fully saturated rings. The van der Waals surface area contributed by atoms with E-state index in [9.17, 15) is 9.50 Å². The maximum Gasteiger partial charge on any atom is 0.171 e. The van der Waals surface area contributed by atoms with Crippen LogP contribution < -0.4 is 19.9 Å². The lowest BCUT2D eigenvalue weighted by Crippen LogP contribution is -2.20. The highest BCUT2D eigenvalue weighted by atomic mass is 19.1. The zero-order valence-electron chi connectivity index (χ0n) is 9.40. The van der Waals surface area contributed by atoms with Crippen LogP contribution in [0.15, 0.2) is 6.07 Å². The Morgan fingerprint density at radius 1 is 1.53 bits per heavy atom. The van der Waals surface area contributed by atoms with Crippen LogP contribution in [-0.2, 0) is 0 Å². The highest BCUT2D eigenvalue weighted by Gasteiger charge is 2.27. The Kier molecular flexibility index (Phi) is 3.35. The van der Waals surface area contributed by atoms with E-state index in [4.69, 9.17) is 19.9 Å². The maximum absolute atomic E-state index is 13.7. The standard InChI is InChI=1S/C11H14FNO4/c1-15-10-6(12)4-8-11(17-3-2-16-8)9(10)7(14)5-13/h4,7,14H,2-3,5,13H2,1H3. The SMILES string of the molecule is COc1c(F)cc2c(c1C(O)CN)OCCO2. The molecule has 17 heavy (non-hydrogen) atoms. The van der Waals surface area contributed by atoms with E-state index >= 15 is 0 Å². The summed E-state index contributed by atoms with van der Waals surface area (Å²) < 4.78 is 29.3. The van der Waals surface area contributed by atoms with E-state index in [1.807, 2.05) is 0 Å². The first-order chi connectivity index (χ1) is 8.19. The van der Waals surface area contributed by atoms with Gasteiger partial charge in [0.25, 0.3) is 0 Å². The van der Waals surface area contributed by atoms with E-state index in [-0.39, 0.29) is 23.6 Å². The summed E-state index contributed by atoms with van der Waals surface area (Å²) in [4.78, 5) is 0. The first-order valence-electron chi connectivity index (χ1n) is 5.23. The Labute approximate surface area is 97.9 Å². The lowest BCUT2D eigenvalue weighted by molar-refractivity contribution is 0.144. The molecule has 0 aromatic heterocycles. The number of halogens is 1. The van der Waals surface area contributed by atoms with Gasteiger partial charge in [0.2, 0.25) is 0 Å². The Morgan fingerprint density at radius 3 is 2.88 bits per heavy atom. The van der Waals surface area contributed by atoms with E-state index in [1.54, 1.807) is 0 Å². The van der Waals surface area contributed by atoms with Gasteiger partial charge >= 0.3 is 0 Å². The first-order valence-corrected chi connectivity index (χ1v) is 5.23. The average Bonchev–Trinajstić information content (AvgIpc) is 2.36. The average molecular weight is 243 g/mol. The number of fused-ring (bicyclic) bond motifs is 1. The van der Waals surface area contributed by atoms with Crippen molar-refractivity contribution in [2.24, 2.45) is 5.73 Å². The number of rotatable bonds is 3. The van der Waals surface area contributed by atoms with Crippen LogP contribution in [-0.4, -0.2) is 32.0 Å². The molecule has 1 aromatic rings. The summed E-state index contributed by atoms with van der Waals surface area (Å²) in [7, 11) is 1.32. The van der Waals surface area contributed by atoms with E-state index in [0.29, 0.717) is 19.0 Å². The van der Waals surface area contributed by atoms with Gasteiger partial charge in [-0.3, -0.25) is 0 Å². The van der Waals surface area contributed by atoms with Crippen molar-refractivity contribution in [3.05, 3.63) is 17.4 Å². The van der Waals surface area contributed by atoms with Crippen molar-refractivity contribution in [2.45, 2.75) is 6.10 Å². The molecule has 0 saturated heterocycles. The predicted octanol–water partition coefficient (Wildman–Crippen LogP) is 0.598. The summed E-state index contributed by atoms with van der Waals surface area (Å²) in [5.74, 6) is -0.115. The van der Waals surface area contributed by atoms with E-state index in [1.165, 1.54) is 13.2 Å². The van der Waals surface area contributed by atoms with Gasteiger partial charge < -0.3 is 25.1 Å². The summed E-state index contributed by atoms with van der Waals surface area (Å²) in [5, 5.41) is 9.81. The molecule has 6 heteroatoms. The third kappa shape index (κ3) is 2.01. The number of benzene rings is 1. The lowest BCUT2D eigenvalue weighted by Gasteiger charge is -2.24. The van der Waals surface area contributed by atoms with Crippen LogP contribution in [0.25, 0.3) is 0 Å². The Bertz CT molecular complexity index is 424. The quantitative estimate of drug-likeness (QED) is 0.813. The van der Waals surface area contributed by atoms with Gasteiger partial charge in [-0.1, -0.05) is 0 Å². The molecule has 1 atom stereocenters. The molecule has 0 aliphatic carbocycles. The summed E-state index contributed by atoms with van der Waals surface area (Å²) >= 11 is 0. The number of aliphatic hydroxyl groups excluding tert-OH is 1. The molecule has 94 valence electrons. The largest absolute Gasteiger partial charge is 0.493 e. The lowest BCUT2D eigenvalue weighted by atomic mass is 10.1. The Balaban J connectivity index is 2.61. The number of hydrogen-bond donors (Lipinski definition) is 2. The van der Waals surface area contributed by atoms with Gasteiger partial charge in [0.1, 0.15) is 13.2 Å². The zero-order chi connectivity index (χ0) is 12.4. The third-order valence-corrected chi connectivity index (χ3v) is 2.54. The minimum absolute atomic E-state index is 0.0599. The Hall–Kier alpha value is -1.53. The van der Waals surface area contributed by atoms with Crippen LogP contribution in [0.2, 0.25) is 0 Å². The van der Waals surface area contributed by atoms with Gasteiger partial charge in [0.15, 0.2) is 23.1 Å². The second-order valence-electron chi connectivity index (χ2n) is 3.58. The summed E-state index contributed by atoms with van der Waals surface area (Å²) in [6, 6.07) is 1.18. The van der Waals surface area contributed by atoms with Crippen LogP contribution in [0.1, 0.15) is 11.7 Å². The van der Waals surface area contributed by atoms with E-state index in [2.05, 4.69) is 0 Å². The van der Waals surface area contributed by atoms with Gasteiger partial charge in [-0.05, 0) is 0 Å². The van der Waals surface area contributed by atoms with Gasteiger partial charge in [-0.25, -0.2) is 4.39 Å². The molecule has 0 radical (unpaired) electrons. The number of methoxy groups -OCH3 is 1. The number of aliphatic hydroxyl groups is 1. The topological polar surface area (TPSA) is 73.9 Å². The van der Waals surface area contributed by atoms with Crippen molar-refractivity contribution in [1.29, 1.82) is 0 Å². The van der Waals surface area contributed by atoms with Crippen LogP contribution in [0.3, 0.4) is 0 Å². The molecular formula is C11H14FNO4. The summed E-state index contributed by atoms with van der Waals surface area (Å²) in [6.45, 7) is 0.624. The van der Waals surface area contributed by atoms with Gasteiger partial charge in [0.05, 0.1) is 18.8 Å². The van der Waals surface area contributed by atoms with Crippen molar-refractivity contribution < 1.29 is 23.7 Å². The third-order valence-electron chi connectivity index (χ3n) is 2.54. The van der Waals surface area contributed by atoms with Gasteiger partial charge in [0, 0.05) is 12.6 Å². The van der Waals surface area contributed by atoms with Crippen molar-refractivity contribution in [3.63, 3.8) is 0 Å². The molecule has 5 nitrogen and oxygen atoms in total. The van der Waals surface area contributed by atoms with Crippen molar-refractivity contribution in [2.75, 3.05) is 26.9 Å². The predicted molar refractivity (Wildman–Crippen MR) is 58.0 cm³/mol. The molecule has 0 saturated carbocycles. The molecular weight excluding hydrogens is 229 g/mol. The van der Waals surface area contributed by atoms with E-state index in [0.717, 1.165) is 0 Å². The monoisotopic (exact) mass is 243 g/mol. The second kappa shape index (κ2) is 4.77. The van der Waals surface area contributed by atoms with Crippen molar-refractivity contribution in [1.82, 2.24) is 0 Å². The fourth-order valence-electron chi connectivity index (χ4n) is 1.79. The first kappa shape index (κ1) is 11.9. The number of ether oxygens (including phenoxy) is 3. The summed E-state index contributed by atoms with van der Waals surface area (Å²) in [6.07, 6.45) is -1.06. The highest BCUT2D eigenvalue weighted by Crippen LogP contribution is 2.44. The fourth-order valence-corrected chi connectivity index (χ4v) is 1.79. The highest BCUT2D eigenvalue weighted by molar-refractivity contribution is 5.56. The molecule has 0 spiro atoms. The molecule has 3 N–H and O–H groups in total. The normalized spacial score (nSPS) is 15.5. The van der Waals surface area contributed by atoms with Crippen molar-refractivity contribution >= 4 is 0 Å². The second-order valence-corrected chi connectivity index (χ2v) is 3.58. The zero-order valence-corrected chi connectivity index (χ0v) is 9.40. The van der Waals surface area contributed by atoms with Crippen LogP contribution in [0.4, 0.5) is 4.39 Å². The molecule has 2 rings (SSSR count). The summed E-state index contributed by atoms with van der Waals surface area (Å²) in [5.41, 5.74) is 5.59. The smallest absolute Gasteiger partial charge is 0.171 e. The minimum Gasteiger partial charge on any atom is -0.493 e. The Morgan fingerprint density at radius 2 is 2.24 bits per heavy atom. The molecule has 1 aliphatic rings. The maximum atomic E-state index is 13.7. The minimum atomic E-state index is -1.06. The number of nitrogens with two attached hydrogens (primary N) is 1. The molecule has 1 aromatic carbocycles. The molecule has 1 unspecified atom stereocenters. The van der Waals surface area contributed by atoms with Crippen LogP contribution in [0, 0.1) is 5.82 Å². The molecule has 0 amide bonds. The van der Waals surface area contributed by atoms with E-state index < -0.39 is 11.9 Å². The molecule has 0 bridgehead atoms. The van der Waals surface area contributed by atoms with Crippen molar-refractivity contribution in [3.8, 4) is 17.2 Å². The molecule has 1 aliphatic heterocycles. The number of hydrogen-bond acceptors (Lipinski definition) is 5. The van der Waals surface area contributed by atoms with Crippen LogP contribution >= 0.6 is 0 Å². The fraction of sp³-hybridized carbons (Fsp3) is 0.455. The van der Waals surface area contributed by atoms with Crippen LogP contribution in [0.5, 0.6) is 17.2 Å². The van der Waals surface area contributed by atoms with Gasteiger partial charge in [-0.15, -0.1) is 0 Å². The van der Waals surface area contributed by atoms with Gasteiger partial charge in [-0.2, -0.15) is 0 Å². The molecule has 1 heterocycles.